The zero-order valence-electron chi connectivity index (χ0n) is 12.0. The number of nitrogens with two attached hydrogens (primary N) is 1. The molecule has 0 aromatic heterocycles. The average molecular weight is 301 g/mol. The normalized spacial score (nSPS) is 11.3. The molecule has 1 unspecified atom stereocenters. The van der Waals surface area contributed by atoms with E-state index in [0.717, 1.165) is 25.0 Å². The third kappa shape index (κ3) is 8.02. The van der Waals surface area contributed by atoms with Crippen molar-refractivity contribution in [3.05, 3.63) is 30.3 Å². The number of unbranched alkanes of at least 4 members (excludes halogenated alkanes) is 1. The molecule has 0 heterocycles. The minimum atomic E-state index is -0.0263. The van der Waals surface area contributed by atoms with Gasteiger partial charge in [-0.3, -0.25) is 4.79 Å². The van der Waals surface area contributed by atoms with Crippen LogP contribution in [0.3, 0.4) is 0 Å². The van der Waals surface area contributed by atoms with E-state index in [2.05, 4.69) is 5.32 Å². The van der Waals surface area contributed by atoms with Crippen LogP contribution >= 0.6 is 12.4 Å². The third-order valence-corrected chi connectivity index (χ3v) is 2.94. The number of nitrogens with one attached hydrogen (secondary N) is 1. The molecule has 1 rings (SSSR count). The molecule has 0 radical (unpaired) electrons. The summed E-state index contributed by atoms with van der Waals surface area (Å²) in [6.07, 6.45) is 2.61. The van der Waals surface area contributed by atoms with Crippen LogP contribution in [0.5, 0.6) is 5.75 Å². The molecule has 3 N–H and O–H groups in total. The molecule has 114 valence electrons. The number of ether oxygens (including phenoxy) is 1. The number of hydrogen-bond acceptors (Lipinski definition) is 3. The Balaban J connectivity index is 0.00000361. The second kappa shape index (κ2) is 11.6. The maximum atomic E-state index is 11.8. The maximum Gasteiger partial charge on any atom is 0.222 e. The molecule has 0 aliphatic carbocycles. The van der Waals surface area contributed by atoms with Gasteiger partial charge in [-0.25, -0.2) is 0 Å². The van der Waals surface area contributed by atoms with Crippen LogP contribution in [0.25, 0.3) is 0 Å². The number of rotatable bonds is 9. The number of amides is 1. The Kier molecular flexibility index (Phi) is 10.8. The lowest BCUT2D eigenvalue weighted by Crippen LogP contribution is -2.31. The standard InChI is InChI=1S/C15H24N2O2.ClH/c1-13(15(18)17-11-6-5-10-16)9-12-19-14-7-3-2-4-8-14;/h2-4,7-8,13H,5-6,9-12,16H2,1H3,(H,17,18);1H. The first-order valence-corrected chi connectivity index (χ1v) is 6.89. The number of halogens is 1. The van der Waals surface area contributed by atoms with Crippen molar-refractivity contribution in [3.8, 4) is 5.75 Å². The van der Waals surface area contributed by atoms with Crippen LogP contribution in [0.4, 0.5) is 0 Å². The molecule has 1 atom stereocenters. The number of para-hydroxylation sites is 1. The van der Waals surface area contributed by atoms with Crippen LogP contribution in [0, 0.1) is 5.92 Å². The molecule has 0 saturated heterocycles. The van der Waals surface area contributed by atoms with Gasteiger partial charge in [0.25, 0.3) is 0 Å². The van der Waals surface area contributed by atoms with Crippen molar-refractivity contribution >= 4 is 18.3 Å². The molecule has 1 amide bonds. The molecule has 1 aromatic carbocycles. The van der Waals surface area contributed by atoms with Crippen molar-refractivity contribution < 1.29 is 9.53 Å². The van der Waals surface area contributed by atoms with Gasteiger partial charge in [-0.15, -0.1) is 12.4 Å². The number of carbonyl (C=O) groups is 1. The fraction of sp³-hybridized carbons (Fsp3) is 0.533. The van der Waals surface area contributed by atoms with Crippen molar-refractivity contribution in [1.82, 2.24) is 5.32 Å². The Labute approximate surface area is 127 Å². The topological polar surface area (TPSA) is 64.3 Å². The van der Waals surface area contributed by atoms with Crippen LogP contribution in [0.2, 0.25) is 0 Å². The van der Waals surface area contributed by atoms with E-state index < -0.39 is 0 Å². The van der Waals surface area contributed by atoms with E-state index in [0.29, 0.717) is 19.7 Å². The van der Waals surface area contributed by atoms with E-state index in [1.54, 1.807) is 0 Å². The van der Waals surface area contributed by atoms with E-state index in [1.165, 1.54) is 0 Å². The summed E-state index contributed by atoms with van der Waals surface area (Å²) in [5, 5.41) is 2.92. The minimum absolute atomic E-state index is 0. The van der Waals surface area contributed by atoms with Gasteiger partial charge >= 0.3 is 0 Å². The highest BCUT2D eigenvalue weighted by atomic mass is 35.5. The van der Waals surface area contributed by atoms with Crippen molar-refractivity contribution in [1.29, 1.82) is 0 Å². The number of benzene rings is 1. The Hall–Kier alpha value is -1.26. The highest BCUT2D eigenvalue weighted by Gasteiger charge is 2.11. The Morgan fingerprint density at radius 1 is 1.30 bits per heavy atom. The Morgan fingerprint density at radius 3 is 2.65 bits per heavy atom. The summed E-state index contributed by atoms with van der Waals surface area (Å²) >= 11 is 0. The van der Waals surface area contributed by atoms with Crippen molar-refractivity contribution in [2.45, 2.75) is 26.2 Å². The predicted molar refractivity (Wildman–Crippen MR) is 84.3 cm³/mol. The summed E-state index contributed by atoms with van der Waals surface area (Å²) in [5.74, 6) is 0.910. The lowest BCUT2D eigenvalue weighted by atomic mass is 10.1. The smallest absolute Gasteiger partial charge is 0.222 e. The summed E-state index contributed by atoms with van der Waals surface area (Å²) in [5.41, 5.74) is 5.40. The van der Waals surface area contributed by atoms with Gasteiger partial charge in [-0.1, -0.05) is 25.1 Å². The van der Waals surface area contributed by atoms with Crippen molar-refractivity contribution in [2.24, 2.45) is 11.7 Å². The third-order valence-electron chi connectivity index (χ3n) is 2.94. The highest BCUT2D eigenvalue weighted by Crippen LogP contribution is 2.10. The first-order valence-electron chi connectivity index (χ1n) is 6.89. The van der Waals surface area contributed by atoms with Gasteiger partial charge in [0, 0.05) is 12.5 Å². The molecule has 5 heteroatoms. The average Bonchev–Trinajstić information content (AvgIpc) is 2.44. The summed E-state index contributed by atoms with van der Waals surface area (Å²) in [6, 6.07) is 9.64. The molecule has 0 aliphatic rings. The van der Waals surface area contributed by atoms with Crippen LogP contribution in [-0.4, -0.2) is 25.6 Å². The molecule has 20 heavy (non-hydrogen) atoms. The van der Waals surface area contributed by atoms with Crippen molar-refractivity contribution in [2.75, 3.05) is 19.7 Å². The van der Waals surface area contributed by atoms with E-state index in [-0.39, 0.29) is 24.2 Å². The first kappa shape index (κ1) is 18.7. The lowest BCUT2D eigenvalue weighted by molar-refractivity contribution is -0.124. The van der Waals surface area contributed by atoms with Gasteiger partial charge in [0.05, 0.1) is 6.61 Å². The van der Waals surface area contributed by atoms with Crippen LogP contribution in [-0.2, 0) is 4.79 Å². The summed E-state index contributed by atoms with van der Waals surface area (Å²) in [7, 11) is 0. The highest BCUT2D eigenvalue weighted by molar-refractivity contribution is 5.85. The number of carbonyl (C=O) groups excluding carboxylic acids is 1. The zero-order valence-corrected chi connectivity index (χ0v) is 12.8. The molecule has 1 aromatic rings. The fourth-order valence-corrected chi connectivity index (χ4v) is 1.66. The molecular weight excluding hydrogens is 276 g/mol. The van der Waals surface area contributed by atoms with E-state index in [1.807, 2.05) is 37.3 Å². The molecule has 0 saturated carbocycles. The van der Waals surface area contributed by atoms with Crippen LogP contribution in [0.15, 0.2) is 30.3 Å². The molecular formula is C15H25ClN2O2. The molecule has 4 nitrogen and oxygen atoms in total. The lowest BCUT2D eigenvalue weighted by Gasteiger charge is -2.12. The second-order valence-corrected chi connectivity index (χ2v) is 4.64. The van der Waals surface area contributed by atoms with Gasteiger partial charge < -0.3 is 15.8 Å². The Bertz CT molecular complexity index is 360. The molecule has 0 spiro atoms. The van der Waals surface area contributed by atoms with E-state index in [4.69, 9.17) is 10.5 Å². The number of hydrogen-bond donors (Lipinski definition) is 2. The van der Waals surface area contributed by atoms with E-state index >= 15 is 0 Å². The monoisotopic (exact) mass is 300 g/mol. The second-order valence-electron chi connectivity index (χ2n) is 4.64. The summed E-state index contributed by atoms with van der Waals surface area (Å²) in [6.45, 7) is 3.87. The van der Waals surface area contributed by atoms with Gasteiger partial charge in [0.15, 0.2) is 0 Å². The minimum Gasteiger partial charge on any atom is -0.494 e. The SMILES string of the molecule is CC(CCOc1ccccc1)C(=O)NCCCCN.Cl. The predicted octanol–water partition coefficient (Wildman–Crippen LogP) is 2.37. The molecule has 0 aliphatic heterocycles. The molecule has 0 fully saturated rings. The van der Waals surface area contributed by atoms with E-state index in [9.17, 15) is 4.79 Å². The van der Waals surface area contributed by atoms with Gasteiger partial charge in [0.2, 0.25) is 5.91 Å². The van der Waals surface area contributed by atoms with Crippen LogP contribution in [0.1, 0.15) is 26.2 Å². The fourth-order valence-electron chi connectivity index (χ4n) is 1.66. The van der Waals surface area contributed by atoms with Gasteiger partial charge in [0.1, 0.15) is 5.75 Å². The summed E-state index contributed by atoms with van der Waals surface area (Å²) in [4.78, 5) is 11.8. The van der Waals surface area contributed by atoms with Gasteiger partial charge in [-0.05, 0) is 37.9 Å². The summed E-state index contributed by atoms with van der Waals surface area (Å²) < 4.78 is 5.57. The first-order chi connectivity index (χ1) is 9.24. The zero-order chi connectivity index (χ0) is 13.9. The van der Waals surface area contributed by atoms with Crippen molar-refractivity contribution in [3.63, 3.8) is 0 Å². The molecule has 0 bridgehead atoms. The Morgan fingerprint density at radius 2 is 2.00 bits per heavy atom. The quantitative estimate of drug-likeness (QED) is 0.688. The van der Waals surface area contributed by atoms with Gasteiger partial charge in [-0.2, -0.15) is 0 Å². The maximum absolute atomic E-state index is 11.8. The van der Waals surface area contributed by atoms with Crippen LogP contribution < -0.4 is 15.8 Å². The largest absolute Gasteiger partial charge is 0.494 e.